The van der Waals surface area contributed by atoms with Crippen molar-refractivity contribution >= 4 is 11.6 Å². The van der Waals surface area contributed by atoms with E-state index in [1.165, 1.54) is 5.56 Å². The van der Waals surface area contributed by atoms with Crippen molar-refractivity contribution in [3.63, 3.8) is 0 Å². The molecule has 0 aliphatic carbocycles. The number of hydrogen-bond acceptors (Lipinski definition) is 2. The minimum Gasteiger partial charge on any atom is -0.492 e. The molecule has 1 atom stereocenters. The van der Waals surface area contributed by atoms with Crippen molar-refractivity contribution < 1.29 is 4.74 Å². The topological polar surface area (TPSA) is 35.2 Å². The molecule has 0 radical (unpaired) electrons. The Kier molecular flexibility index (Phi) is 5.69. The molecular weight excluding hydrogens is 258 g/mol. The SMILES string of the molecule is CCCOc1c(Cl)cc(C(C)(C)C)cc1CC(C)N. The summed E-state index contributed by atoms with van der Waals surface area (Å²) in [6, 6.07) is 4.28. The summed E-state index contributed by atoms with van der Waals surface area (Å²) in [5, 5.41) is 0.691. The zero-order valence-corrected chi connectivity index (χ0v) is 13.5. The van der Waals surface area contributed by atoms with E-state index in [0.717, 1.165) is 24.2 Å². The van der Waals surface area contributed by atoms with Crippen molar-refractivity contribution in [2.24, 2.45) is 5.73 Å². The van der Waals surface area contributed by atoms with Crippen molar-refractivity contribution in [1.29, 1.82) is 0 Å². The molecule has 108 valence electrons. The Labute approximate surface area is 122 Å². The first-order chi connectivity index (χ1) is 8.75. The molecule has 19 heavy (non-hydrogen) atoms. The van der Waals surface area contributed by atoms with Gasteiger partial charge in [-0.15, -0.1) is 0 Å². The van der Waals surface area contributed by atoms with Gasteiger partial charge in [0.05, 0.1) is 11.6 Å². The highest BCUT2D eigenvalue weighted by molar-refractivity contribution is 6.32. The van der Waals surface area contributed by atoms with Crippen molar-refractivity contribution in [1.82, 2.24) is 0 Å². The molecule has 0 aromatic heterocycles. The Balaban J connectivity index is 3.22. The lowest BCUT2D eigenvalue weighted by Gasteiger charge is -2.23. The van der Waals surface area contributed by atoms with E-state index in [2.05, 4.69) is 33.8 Å². The van der Waals surface area contributed by atoms with Gasteiger partial charge in [0.1, 0.15) is 5.75 Å². The van der Waals surface area contributed by atoms with Crippen LogP contribution in [0.2, 0.25) is 5.02 Å². The van der Waals surface area contributed by atoms with Crippen LogP contribution >= 0.6 is 11.6 Å². The quantitative estimate of drug-likeness (QED) is 0.874. The lowest BCUT2D eigenvalue weighted by Crippen LogP contribution is -2.20. The molecule has 1 aromatic carbocycles. The fourth-order valence-corrected chi connectivity index (χ4v) is 2.24. The maximum absolute atomic E-state index is 6.39. The molecule has 0 saturated carbocycles. The summed E-state index contributed by atoms with van der Waals surface area (Å²) in [7, 11) is 0. The van der Waals surface area contributed by atoms with Crippen LogP contribution in [-0.4, -0.2) is 12.6 Å². The molecule has 0 aliphatic heterocycles. The van der Waals surface area contributed by atoms with Gasteiger partial charge < -0.3 is 10.5 Å². The van der Waals surface area contributed by atoms with Crippen molar-refractivity contribution in [3.8, 4) is 5.75 Å². The van der Waals surface area contributed by atoms with E-state index in [-0.39, 0.29) is 11.5 Å². The van der Waals surface area contributed by atoms with Gasteiger partial charge >= 0.3 is 0 Å². The lowest BCUT2D eigenvalue weighted by atomic mass is 9.85. The lowest BCUT2D eigenvalue weighted by molar-refractivity contribution is 0.313. The van der Waals surface area contributed by atoms with Gasteiger partial charge in [-0.3, -0.25) is 0 Å². The Morgan fingerprint density at radius 3 is 2.42 bits per heavy atom. The number of ether oxygens (including phenoxy) is 1. The highest BCUT2D eigenvalue weighted by Crippen LogP contribution is 2.35. The molecule has 0 spiro atoms. The minimum atomic E-state index is 0.0690. The predicted molar refractivity (Wildman–Crippen MR) is 83.3 cm³/mol. The van der Waals surface area contributed by atoms with Crippen LogP contribution in [0.4, 0.5) is 0 Å². The number of rotatable bonds is 5. The van der Waals surface area contributed by atoms with E-state index >= 15 is 0 Å². The number of halogens is 1. The summed E-state index contributed by atoms with van der Waals surface area (Å²) >= 11 is 6.39. The van der Waals surface area contributed by atoms with Crippen LogP contribution in [0.25, 0.3) is 0 Å². The maximum Gasteiger partial charge on any atom is 0.141 e. The van der Waals surface area contributed by atoms with E-state index in [0.29, 0.717) is 11.6 Å². The van der Waals surface area contributed by atoms with Crippen LogP contribution in [0.15, 0.2) is 12.1 Å². The predicted octanol–water partition coefficient (Wildman–Crippen LogP) is 4.32. The summed E-state index contributed by atoms with van der Waals surface area (Å²) in [6.45, 7) is 11.3. The van der Waals surface area contributed by atoms with E-state index in [1.807, 2.05) is 13.0 Å². The Morgan fingerprint density at radius 2 is 1.95 bits per heavy atom. The van der Waals surface area contributed by atoms with E-state index in [1.54, 1.807) is 0 Å². The molecular formula is C16H26ClNO. The third-order valence-electron chi connectivity index (χ3n) is 2.98. The molecule has 1 unspecified atom stereocenters. The van der Waals surface area contributed by atoms with E-state index in [4.69, 9.17) is 22.1 Å². The molecule has 1 rings (SSSR count). The van der Waals surface area contributed by atoms with Gasteiger partial charge in [0, 0.05) is 6.04 Å². The van der Waals surface area contributed by atoms with Crippen LogP contribution in [0.5, 0.6) is 5.75 Å². The molecule has 0 aliphatic rings. The standard InChI is InChI=1S/C16H26ClNO/c1-6-7-19-15-12(8-11(2)18)9-13(10-14(15)17)16(3,4)5/h9-11H,6-8,18H2,1-5H3. The monoisotopic (exact) mass is 283 g/mol. The Bertz CT molecular complexity index is 421. The third-order valence-corrected chi connectivity index (χ3v) is 3.26. The maximum atomic E-state index is 6.39. The summed E-state index contributed by atoms with van der Waals surface area (Å²) < 4.78 is 5.80. The fraction of sp³-hybridized carbons (Fsp3) is 0.625. The first-order valence-electron chi connectivity index (χ1n) is 6.97. The smallest absolute Gasteiger partial charge is 0.141 e. The second-order valence-electron chi connectivity index (χ2n) is 6.23. The second kappa shape index (κ2) is 6.62. The average Bonchev–Trinajstić information content (AvgIpc) is 2.25. The number of nitrogens with two attached hydrogens (primary N) is 1. The van der Waals surface area contributed by atoms with Gasteiger partial charge in [-0.05, 0) is 42.4 Å². The molecule has 2 N–H and O–H groups in total. The van der Waals surface area contributed by atoms with Crippen molar-refractivity contribution in [3.05, 3.63) is 28.3 Å². The molecule has 1 aromatic rings. The van der Waals surface area contributed by atoms with Crippen LogP contribution in [-0.2, 0) is 11.8 Å². The molecule has 0 heterocycles. The first kappa shape index (κ1) is 16.3. The molecule has 2 nitrogen and oxygen atoms in total. The summed E-state index contributed by atoms with van der Waals surface area (Å²) in [5.74, 6) is 0.800. The Morgan fingerprint density at radius 1 is 1.32 bits per heavy atom. The zero-order chi connectivity index (χ0) is 14.6. The third kappa shape index (κ3) is 4.70. The highest BCUT2D eigenvalue weighted by atomic mass is 35.5. The molecule has 0 amide bonds. The van der Waals surface area contributed by atoms with Gasteiger partial charge in [-0.25, -0.2) is 0 Å². The fourth-order valence-electron chi connectivity index (χ4n) is 1.95. The Hall–Kier alpha value is -0.730. The second-order valence-corrected chi connectivity index (χ2v) is 6.63. The number of hydrogen-bond donors (Lipinski definition) is 1. The van der Waals surface area contributed by atoms with Gasteiger partial charge in [-0.1, -0.05) is 45.4 Å². The van der Waals surface area contributed by atoms with E-state index < -0.39 is 0 Å². The molecule has 3 heteroatoms. The largest absolute Gasteiger partial charge is 0.492 e. The zero-order valence-electron chi connectivity index (χ0n) is 12.7. The van der Waals surface area contributed by atoms with Crippen molar-refractivity contribution in [2.75, 3.05) is 6.61 Å². The van der Waals surface area contributed by atoms with Crippen LogP contribution in [0, 0.1) is 0 Å². The van der Waals surface area contributed by atoms with Gasteiger partial charge in [0.15, 0.2) is 0 Å². The van der Waals surface area contributed by atoms with Gasteiger partial charge in [-0.2, -0.15) is 0 Å². The van der Waals surface area contributed by atoms with Crippen LogP contribution < -0.4 is 10.5 Å². The molecule has 0 saturated heterocycles. The van der Waals surface area contributed by atoms with Crippen LogP contribution in [0.3, 0.4) is 0 Å². The van der Waals surface area contributed by atoms with Gasteiger partial charge in [0.25, 0.3) is 0 Å². The van der Waals surface area contributed by atoms with Gasteiger partial charge in [0.2, 0.25) is 0 Å². The number of benzene rings is 1. The summed E-state index contributed by atoms with van der Waals surface area (Å²) in [5.41, 5.74) is 8.33. The minimum absolute atomic E-state index is 0.0690. The van der Waals surface area contributed by atoms with Crippen molar-refractivity contribution in [2.45, 2.75) is 58.9 Å². The summed E-state index contributed by atoms with van der Waals surface area (Å²) in [4.78, 5) is 0. The normalized spacial score (nSPS) is 13.4. The van der Waals surface area contributed by atoms with E-state index in [9.17, 15) is 0 Å². The molecule has 0 bridgehead atoms. The molecule has 0 fully saturated rings. The first-order valence-corrected chi connectivity index (χ1v) is 7.34. The van der Waals surface area contributed by atoms with Crippen LogP contribution in [0.1, 0.15) is 52.2 Å². The summed E-state index contributed by atoms with van der Waals surface area (Å²) in [6.07, 6.45) is 1.75. The highest BCUT2D eigenvalue weighted by Gasteiger charge is 2.19. The average molecular weight is 284 g/mol.